The van der Waals surface area contributed by atoms with Crippen molar-refractivity contribution < 1.29 is 18.3 Å². The van der Waals surface area contributed by atoms with Gasteiger partial charge in [0.25, 0.3) is 6.43 Å². The molecule has 0 saturated heterocycles. The van der Waals surface area contributed by atoms with Crippen LogP contribution in [0.15, 0.2) is 6.07 Å². The van der Waals surface area contributed by atoms with Gasteiger partial charge in [-0.1, -0.05) is 0 Å². The molecule has 94 valence electrons. The predicted octanol–water partition coefficient (Wildman–Crippen LogP) is 1.80. The van der Waals surface area contributed by atoms with Gasteiger partial charge in [-0.15, -0.1) is 0 Å². The standard InChI is InChI=1S/C10H11F2IN2O2/c1-17-8(16)3-7-5(4-14)2-6(9(11)12)10(13)15-7/h2,9H,3-4,14H2,1H3. The Kier molecular flexibility index (Phi) is 5.19. The Morgan fingerprint density at radius 1 is 1.65 bits per heavy atom. The zero-order chi connectivity index (χ0) is 13.0. The number of hydrogen-bond acceptors (Lipinski definition) is 4. The highest BCUT2D eigenvalue weighted by molar-refractivity contribution is 14.1. The highest BCUT2D eigenvalue weighted by Gasteiger charge is 2.17. The normalized spacial score (nSPS) is 10.7. The minimum absolute atomic E-state index is 0.0516. The van der Waals surface area contributed by atoms with Gasteiger partial charge in [0.15, 0.2) is 0 Å². The molecule has 0 fully saturated rings. The van der Waals surface area contributed by atoms with Crippen LogP contribution < -0.4 is 5.73 Å². The van der Waals surface area contributed by atoms with Crippen molar-refractivity contribution in [2.24, 2.45) is 5.73 Å². The molecule has 0 bridgehead atoms. The number of hydrogen-bond donors (Lipinski definition) is 1. The van der Waals surface area contributed by atoms with Gasteiger partial charge in [0.2, 0.25) is 0 Å². The van der Waals surface area contributed by atoms with E-state index in [-0.39, 0.29) is 22.2 Å². The van der Waals surface area contributed by atoms with Crippen molar-refractivity contribution in [1.29, 1.82) is 0 Å². The molecule has 2 N–H and O–H groups in total. The summed E-state index contributed by atoms with van der Waals surface area (Å²) >= 11 is 1.71. The lowest BCUT2D eigenvalue weighted by atomic mass is 10.1. The van der Waals surface area contributed by atoms with Crippen LogP contribution in [0.3, 0.4) is 0 Å². The van der Waals surface area contributed by atoms with Gasteiger partial charge in [0.05, 0.1) is 19.2 Å². The molecule has 0 radical (unpaired) electrons. The van der Waals surface area contributed by atoms with E-state index >= 15 is 0 Å². The summed E-state index contributed by atoms with van der Waals surface area (Å²) in [7, 11) is 1.25. The number of esters is 1. The van der Waals surface area contributed by atoms with Gasteiger partial charge >= 0.3 is 5.97 Å². The molecule has 0 unspecified atom stereocenters. The number of halogens is 3. The Morgan fingerprint density at radius 3 is 2.76 bits per heavy atom. The number of rotatable bonds is 4. The lowest BCUT2D eigenvalue weighted by molar-refractivity contribution is -0.139. The molecular weight excluding hydrogens is 345 g/mol. The van der Waals surface area contributed by atoms with E-state index in [0.717, 1.165) is 0 Å². The minimum Gasteiger partial charge on any atom is -0.469 e. The van der Waals surface area contributed by atoms with Crippen LogP contribution >= 0.6 is 22.6 Å². The van der Waals surface area contributed by atoms with Crippen molar-refractivity contribution in [2.75, 3.05) is 7.11 Å². The summed E-state index contributed by atoms with van der Waals surface area (Å²) in [6.45, 7) is 0.0516. The van der Waals surface area contributed by atoms with Gasteiger partial charge in [-0.25, -0.2) is 13.8 Å². The van der Waals surface area contributed by atoms with E-state index in [1.165, 1.54) is 13.2 Å². The SMILES string of the molecule is COC(=O)Cc1nc(I)c(C(F)F)cc1CN. The number of alkyl halides is 2. The number of nitrogens with zero attached hydrogens (tertiary/aromatic N) is 1. The maximum absolute atomic E-state index is 12.6. The summed E-state index contributed by atoms with van der Waals surface area (Å²) in [6, 6.07) is 1.29. The summed E-state index contributed by atoms with van der Waals surface area (Å²) in [5, 5.41) is 0. The Balaban J connectivity index is 3.14. The smallest absolute Gasteiger partial charge is 0.311 e. The molecule has 17 heavy (non-hydrogen) atoms. The van der Waals surface area contributed by atoms with Crippen molar-refractivity contribution >= 4 is 28.6 Å². The van der Waals surface area contributed by atoms with Crippen LogP contribution in [0.2, 0.25) is 0 Å². The van der Waals surface area contributed by atoms with E-state index in [1.807, 2.05) is 0 Å². The largest absolute Gasteiger partial charge is 0.469 e. The molecule has 0 atom stereocenters. The first-order valence-electron chi connectivity index (χ1n) is 4.72. The van der Waals surface area contributed by atoms with Crippen LogP contribution in [-0.2, 0) is 22.5 Å². The molecule has 0 saturated carbocycles. The number of carbonyl (C=O) groups is 1. The van der Waals surface area contributed by atoms with Crippen LogP contribution in [0.5, 0.6) is 0 Å². The van der Waals surface area contributed by atoms with Crippen LogP contribution in [0.25, 0.3) is 0 Å². The average Bonchev–Trinajstić information content (AvgIpc) is 2.28. The first kappa shape index (κ1) is 14.2. The van der Waals surface area contributed by atoms with E-state index in [0.29, 0.717) is 11.3 Å². The molecule has 1 aromatic heterocycles. The molecule has 0 aliphatic rings. The third kappa shape index (κ3) is 3.56. The fraction of sp³-hybridized carbons (Fsp3) is 0.400. The predicted molar refractivity (Wildman–Crippen MR) is 65.5 cm³/mol. The van der Waals surface area contributed by atoms with Crippen molar-refractivity contribution in [3.05, 3.63) is 26.6 Å². The minimum atomic E-state index is -2.60. The highest BCUT2D eigenvalue weighted by Crippen LogP contribution is 2.25. The molecule has 1 heterocycles. The second-order valence-corrected chi connectivity index (χ2v) is 4.25. The fourth-order valence-electron chi connectivity index (χ4n) is 1.28. The summed E-state index contributed by atoms with van der Waals surface area (Å²) in [5.41, 5.74) is 6.10. The van der Waals surface area contributed by atoms with Gasteiger partial charge in [-0.2, -0.15) is 0 Å². The van der Waals surface area contributed by atoms with Crippen LogP contribution in [0, 0.1) is 3.70 Å². The number of aromatic nitrogens is 1. The van der Waals surface area contributed by atoms with E-state index < -0.39 is 12.4 Å². The molecule has 0 aliphatic heterocycles. The quantitative estimate of drug-likeness (QED) is 0.508. The van der Waals surface area contributed by atoms with Crippen LogP contribution in [0.1, 0.15) is 23.2 Å². The fourth-order valence-corrected chi connectivity index (χ4v) is 1.96. The Labute approximate surface area is 111 Å². The van der Waals surface area contributed by atoms with Gasteiger partial charge < -0.3 is 10.5 Å². The molecule has 0 spiro atoms. The summed E-state index contributed by atoms with van der Waals surface area (Å²) in [4.78, 5) is 15.1. The number of carbonyl (C=O) groups excluding carboxylic acids is 1. The van der Waals surface area contributed by atoms with Gasteiger partial charge in [-0.05, 0) is 34.2 Å². The summed E-state index contributed by atoms with van der Waals surface area (Å²) in [5.74, 6) is -0.479. The Morgan fingerprint density at radius 2 is 2.29 bits per heavy atom. The molecular formula is C10H11F2IN2O2. The Bertz CT molecular complexity index is 427. The lowest BCUT2D eigenvalue weighted by Crippen LogP contribution is -2.13. The second kappa shape index (κ2) is 6.20. The molecule has 0 amide bonds. The zero-order valence-corrected chi connectivity index (χ0v) is 11.2. The van der Waals surface area contributed by atoms with Gasteiger partial charge in [-0.3, -0.25) is 4.79 Å². The van der Waals surface area contributed by atoms with E-state index in [9.17, 15) is 13.6 Å². The molecule has 0 aromatic carbocycles. The third-order valence-corrected chi connectivity index (χ3v) is 3.03. The lowest BCUT2D eigenvalue weighted by Gasteiger charge is -2.10. The van der Waals surface area contributed by atoms with Crippen LogP contribution in [0.4, 0.5) is 8.78 Å². The Hall–Kier alpha value is -0.830. The molecule has 1 rings (SSSR count). The van der Waals surface area contributed by atoms with E-state index in [1.54, 1.807) is 22.6 Å². The zero-order valence-electron chi connectivity index (χ0n) is 9.04. The molecule has 7 heteroatoms. The monoisotopic (exact) mass is 356 g/mol. The number of methoxy groups -OCH3 is 1. The summed E-state index contributed by atoms with van der Waals surface area (Å²) < 4.78 is 29.9. The number of ether oxygens (including phenoxy) is 1. The van der Waals surface area contributed by atoms with Crippen molar-refractivity contribution in [2.45, 2.75) is 19.4 Å². The highest BCUT2D eigenvalue weighted by atomic mass is 127. The van der Waals surface area contributed by atoms with E-state index in [4.69, 9.17) is 5.73 Å². The topological polar surface area (TPSA) is 65.2 Å². The first-order chi connectivity index (χ1) is 7.99. The molecule has 0 aliphatic carbocycles. The summed E-state index contributed by atoms with van der Waals surface area (Å²) in [6.07, 6.45) is -2.67. The van der Waals surface area contributed by atoms with Gasteiger partial charge in [0.1, 0.15) is 3.70 Å². The van der Waals surface area contributed by atoms with Gasteiger partial charge in [0, 0.05) is 12.1 Å². The van der Waals surface area contributed by atoms with Crippen molar-refractivity contribution in [3.8, 4) is 0 Å². The number of nitrogens with two attached hydrogens (primary N) is 1. The first-order valence-corrected chi connectivity index (χ1v) is 5.80. The van der Waals surface area contributed by atoms with Crippen molar-refractivity contribution in [3.63, 3.8) is 0 Å². The van der Waals surface area contributed by atoms with Crippen LogP contribution in [-0.4, -0.2) is 18.1 Å². The van der Waals surface area contributed by atoms with Crippen molar-refractivity contribution in [1.82, 2.24) is 4.98 Å². The molecule has 4 nitrogen and oxygen atoms in total. The van der Waals surface area contributed by atoms with E-state index in [2.05, 4.69) is 9.72 Å². The maximum Gasteiger partial charge on any atom is 0.311 e. The molecule has 1 aromatic rings. The maximum atomic E-state index is 12.6. The number of pyridine rings is 1. The second-order valence-electron chi connectivity index (χ2n) is 3.23. The average molecular weight is 356 g/mol. The third-order valence-electron chi connectivity index (χ3n) is 2.17.